The molecule has 1 aromatic heterocycles. The number of rotatable bonds is 2. The second-order valence-electron chi connectivity index (χ2n) is 2.36. The van der Waals surface area contributed by atoms with Gasteiger partial charge in [0.15, 0.2) is 0 Å². The molecule has 0 spiro atoms. The Morgan fingerprint density at radius 2 is 1.87 bits per heavy atom. The molecule has 0 radical (unpaired) electrons. The summed E-state index contributed by atoms with van der Waals surface area (Å²) in [5.74, 6) is -0.722. The fourth-order valence-corrected chi connectivity index (χ4v) is 1.18. The van der Waals surface area contributed by atoms with Gasteiger partial charge >= 0.3 is 12.8 Å². The predicted molar refractivity (Wildman–Crippen MR) is 48.6 cm³/mol. The Hall–Kier alpha value is -0.670. The van der Waals surface area contributed by atoms with Crippen molar-refractivity contribution in [3.63, 3.8) is 0 Å². The van der Waals surface area contributed by atoms with E-state index >= 15 is 0 Å². The summed E-state index contributed by atoms with van der Waals surface area (Å²) in [6.07, 6.45) is -4.68. The van der Waals surface area contributed by atoms with Gasteiger partial charge in [-0.15, -0.1) is 0 Å². The lowest BCUT2D eigenvalue weighted by molar-refractivity contribution is -0.142. The fraction of sp³-hybridized carbons (Fsp3) is 0.286. The zero-order valence-electron chi connectivity index (χ0n) is 6.86. The minimum atomic E-state index is -4.68. The van der Waals surface area contributed by atoms with E-state index in [1.165, 1.54) is 0 Å². The van der Waals surface area contributed by atoms with E-state index in [0.717, 1.165) is 6.07 Å². The molecule has 0 aliphatic rings. The highest BCUT2D eigenvalue weighted by Gasteiger charge is 2.33. The first-order valence-corrected chi connectivity index (χ1v) is 4.57. The molecule has 2 nitrogen and oxygen atoms in total. The summed E-state index contributed by atoms with van der Waals surface area (Å²) in [7, 11) is 0. The van der Waals surface area contributed by atoms with Crippen LogP contribution in [0.5, 0.6) is 5.88 Å². The molecule has 1 aromatic rings. The first-order chi connectivity index (χ1) is 6.80. The van der Waals surface area contributed by atoms with Crippen molar-refractivity contribution in [2.75, 3.05) is 0 Å². The van der Waals surface area contributed by atoms with Gasteiger partial charge in [-0.3, -0.25) is 0 Å². The topological polar surface area (TPSA) is 22.1 Å². The van der Waals surface area contributed by atoms with Gasteiger partial charge in [0, 0.05) is 0 Å². The number of hydrogen-bond acceptors (Lipinski definition) is 2. The summed E-state index contributed by atoms with van der Waals surface area (Å²) in [5.41, 5.74) is -1.27. The maximum Gasteiger partial charge on any atom is 0.433 e. The molecule has 0 bridgehead atoms. The average molecular weight is 339 g/mol. The summed E-state index contributed by atoms with van der Waals surface area (Å²) in [6, 6.07) is 1.70. The van der Waals surface area contributed by atoms with Crippen LogP contribution in [0.4, 0.5) is 22.0 Å². The molecule has 0 saturated carbocycles. The van der Waals surface area contributed by atoms with Crippen LogP contribution in [-0.4, -0.2) is 11.6 Å². The molecule has 8 heteroatoms. The number of pyridine rings is 1. The van der Waals surface area contributed by atoms with Crippen LogP contribution in [-0.2, 0) is 6.18 Å². The maximum atomic E-state index is 12.1. The van der Waals surface area contributed by atoms with Crippen LogP contribution in [0, 0.1) is 3.57 Å². The van der Waals surface area contributed by atoms with Crippen molar-refractivity contribution in [1.29, 1.82) is 0 Å². The maximum absolute atomic E-state index is 12.1. The molecule has 1 rings (SSSR count). The zero-order valence-corrected chi connectivity index (χ0v) is 9.01. The minimum Gasteiger partial charge on any atom is -0.416 e. The van der Waals surface area contributed by atoms with E-state index in [1.807, 2.05) is 0 Å². The zero-order chi connectivity index (χ0) is 11.6. The SMILES string of the molecule is FC(F)Oc1nc(C(F)(F)F)ccc1I. The summed E-state index contributed by atoms with van der Waals surface area (Å²) in [5, 5.41) is 0. The number of ether oxygens (including phenoxy) is 1. The largest absolute Gasteiger partial charge is 0.433 e. The Balaban J connectivity index is 3.06. The molecule has 15 heavy (non-hydrogen) atoms. The van der Waals surface area contributed by atoms with Crippen molar-refractivity contribution in [2.24, 2.45) is 0 Å². The van der Waals surface area contributed by atoms with Crippen molar-refractivity contribution in [1.82, 2.24) is 4.98 Å². The second kappa shape index (κ2) is 4.45. The van der Waals surface area contributed by atoms with E-state index in [1.54, 1.807) is 22.6 Å². The summed E-state index contributed by atoms with van der Waals surface area (Å²) < 4.78 is 63.9. The van der Waals surface area contributed by atoms with E-state index in [-0.39, 0.29) is 3.57 Å². The molecule has 84 valence electrons. The van der Waals surface area contributed by atoms with Gasteiger partial charge < -0.3 is 4.74 Å². The lowest BCUT2D eigenvalue weighted by Gasteiger charge is -2.09. The number of alkyl halides is 5. The van der Waals surface area contributed by atoms with Crippen LogP contribution < -0.4 is 4.74 Å². The molecule has 0 unspecified atom stereocenters. The quantitative estimate of drug-likeness (QED) is 0.609. The highest BCUT2D eigenvalue weighted by atomic mass is 127. The van der Waals surface area contributed by atoms with Gasteiger partial charge in [-0.2, -0.15) is 22.0 Å². The molecule has 0 aliphatic heterocycles. The molecule has 0 fully saturated rings. The van der Waals surface area contributed by atoms with Gasteiger partial charge in [-0.1, -0.05) is 0 Å². The Labute approximate surface area is 94.6 Å². The van der Waals surface area contributed by atoms with Crippen LogP contribution in [0.1, 0.15) is 5.69 Å². The Bertz CT molecular complexity index is 354. The summed E-state index contributed by atoms with van der Waals surface area (Å²) in [6.45, 7) is -3.20. The van der Waals surface area contributed by atoms with Gasteiger partial charge in [-0.05, 0) is 34.7 Å². The molecule has 0 amide bonds. The van der Waals surface area contributed by atoms with Crippen molar-refractivity contribution in [2.45, 2.75) is 12.8 Å². The number of hydrogen-bond donors (Lipinski definition) is 0. The van der Waals surface area contributed by atoms with E-state index in [2.05, 4.69) is 9.72 Å². The van der Waals surface area contributed by atoms with Crippen LogP contribution in [0.2, 0.25) is 0 Å². The van der Waals surface area contributed by atoms with Crippen molar-refractivity contribution < 1.29 is 26.7 Å². The molecule has 0 atom stereocenters. The second-order valence-corrected chi connectivity index (χ2v) is 3.52. The smallest absolute Gasteiger partial charge is 0.416 e. The molecule has 0 saturated heterocycles. The van der Waals surface area contributed by atoms with Crippen LogP contribution in [0.3, 0.4) is 0 Å². The molecule has 1 heterocycles. The molecular weight excluding hydrogens is 336 g/mol. The van der Waals surface area contributed by atoms with Crippen LogP contribution >= 0.6 is 22.6 Å². The number of halogens is 6. The fourth-order valence-electron chi connectivity index (χ4n) is 0.748. The summed E-state index contributed by atoms with van der Waals surface area (Å²) >= 11 is 1.55. The monoisotopic (exact) mass is 339 g/mol. The highest BCUT2D eigenvalue weighted by molar-refractivity contribution is 14.1. The predicted octanol–water partition coefficient (Wildman–Crippen LogP) is 3.31. The third-order valence-electron chi connectivity index (χ3n) is 1.30. The van der Waals surface area contributed by atoms with Crippen molar-refractivity contribution >= 4 is 22.6 Å². The highest BCUT2D eigenvalue weighted by Crippen LogP contribution is 2.30. The first kappa shape index (κ1) is 12.4. The average Bonchev–Trinajstić information content (AvgIpc) is 2.06. The molecular formula is C7H3F5INO. The normalized spacial score (nSPS) is 11.9. The van der Waals surface area contributed by atoms with Crippen molar-refractivity contribution in [3.8, 4) is 5.88 Å². The Kier molecular flexibility index (Phi) is 3.68. The van der Waals surface area contributed by atoms with Gasteiger partial charge in [0.05, 0.1) is 3.57 Å². The lowest BCUT2D eigenvalue weighted by atomic mass is 10.3. The number of aromatic nitrogens is 1. The van der Waals surface area contributed by atoms with E-state index in [0.29, 0.717) is 6.07 Å². The number of nitrogens with zero attached hydrogens (tertiary/aromatic N) is 1. The third kappa shape index (κ3) is 3.43. The van der Waals surface area contributed by atoms with Gasteiger partial charge in [0.1, 0.15) is 5.69 Å². The Morgan fingerprint density at radius 3 is 2.33 bits per heavy atom. The first-order valence-electron chi connectivity index (χ1n) is 3.49. The van der Waals surface area contributed by atoms with E-state index in [4.69, 9.17) is 0 Å². The van der Waals surface area contributed by atoms with Crippen LogP contribution in [0.25, 0.3) is 0 Å². The van der Waals surface area contributed by atoms with Gasteiger partial charge in [0.25, 0.3) is 0 Å². The molecule has 0 aliphatic carbocycles. The minimum absolute atomic E-state index is 0.0842. The van der Waals surface area contributed by atoms with Gasteiger partial charge in [-0.25, -0.2) is 4.98 Å². The van der Waals surface area contributed by atoms with E-state index < -0.39 is 24.4 Å². The van der Waals surface area contributed by atoms with Crippen molar-refractivity contribution in [3.05, 3.63) is 21.4 Å². The summed E-state index contributed by atoms with van der Waals surface area (Å²) in [4.78, 5) is 2.95. The third-order valence-corrected chi connectivity index (χ3v) is 2.13. The Morgan fingerprint density at radius 1 is 1.27 bits per heavy atom. The lowest BCUT2D eigenvalue weighted by Crippen LogP contribution is -2.11. The van der Waals surface area contributed by atoms with Gasteiger partial charge in [0.2, 0.25) is 5.88 Å². The standard InChI is InChI=1S/C7H3F5INO/c8-6(9)15-5-3(13)1-2-4(14-5)7(10,11)12/h1-2,6H. The molecule has 0 N–H and O–H groups in total. The molecule has 0 aromatic carbocycles. The van der Waals surface area contributed by atoms with E-state index in [9.17, 15) is 22.0 Å². The van der Waals surface area contributed by atoms with Crippen LogP contribution in [0.15, 0.2) is 12.1 Å².